The molecule has 10 rings (SSSR count). The fraction of sp³-hybridized carbons (Fsp3) is 0.754. The molecule has 2 aromatic heterocycles. The first kappa shape index (κ1) is 57.2. The quantitative estimate of drug-likeness (QED) is 0.0880. The Balaban J connectivity index is 0.665. The van der Waals surface area contributed by atoms with Crippen LogP contribution in [0.2, 0.25) is 0 Å². The summed E-state index contributed by atoms with van der Waals surface area (Å²) in [5.41, 5.74) is 5.54. The van der Waals surface area contributed by atoms with Crippen molar-refractivity contribution in [2.24, 2.45) is 92.7 Å². The highest BCUT2D eigenvalue weighted by molar-refractivity contribution is 5.99. The Bertz CT molecular complexity index is 2370. The van der Waals surface area contributed by atoms with Gasteiger partial charge in [-0.15, -0.1) is 0 Å². The largest absolute Gasteiger partial charge is 0.457 e. The van der Waals surface area contributed by atoms with Gasteiger partial charge in [-0.3, -0.25) is 0 Å². The Morgan fingerprint density at radius 2 is 0.974 bits per heavy atom. The van der Waals surface area contributed by atoms with Crippen LogP contribution in [0.4, 0.5) is 16.2 Å². The molecule has 8 aliphatic rings. The van der Waals surface area contributed by atoms with Crippen LogP contribution in [0.1, 0.15) is 210 Å². The normalized spacial score (nSPS) is 36.6. The van der Waals surface area contributed by atoms with Gasteiger partial charge in [-0.05, 0) is 195 Å². The van der Waals surface area contributed by atoms with Gasteiger partial charge in [0.1, 0.15) is 23.6 Å². The second kappa shape index (κ2) is 23.5. The Kier molecular flexibility index (Phi) is 17.2. The number of esters is 2. The van der Waals surface area contributed by atoms with Crippen molar-refractivity contribution in [2.45, 2.75) is 236 Å². The summed E-state index contributed by atoms with van der Waals surface area (Å²) in [5.74, 6) is 9.15. The highest BCUT2D eigenvalue weighted by atomic mass is 16.5. The molecule has 9 nitrogen and oxygen atoms in total. The number of rotatable bonds is 18. The van der Waals surface area contributed by atoms with Gasteiger partial charge in [0.25, 0.3) is 0 Å². The standard InChI is InChI=1S/C69H103N4O5/c1-45(2)15-11-17-47(5)57-25-27-59-55-23-21-49-39-53(29-33-66(49,7)61(55)31-35-68(57,59)9)77-63(74)43-72-37-13-19-51(41-72)70-65(76)71-52-20-14-38-73(42-52)44-64(75)78-54-30-34-67(8)50(40-54)22-24-56-60-28-26-58(48(6)18-12-16-46(3)4)69(60,10)36-32-62(56)67/h13-14,19-22,37-38,41-42,45-48,53-62H,11-12,15-18,23-36,39-40,43-44H2,1-10H3,(H-,70,71,76)/q+1/p+1/t47-,48-,53+,54+,55+,56+,57-,58-,59+,60+,61+,62+,66+,67+,68-,69-/m1/s1. The molecule has 0 radical (unpaired) electrons. The van der Waals surface area contributed by atoms with Crippen LogP contribution in [0, 0.1) is 92.7 Å². The molecule has 0 aliphatic heterocycles. The second-order valence-electron chi connectivity index (χ2n) is 29.4. The fourth-order valence-electron chi connectivity index (χ4n) is 19.9. The van der Waals surface area contributed by atoms with Crippen molar-refractivity contribution in [2.75, 3.05) is 10.6 Å². The van der Waals surface area contributed by atoms with Crippen molar-refractivity contribution in [3.63, 3.8) is 0 Å². The lowest BCUT2D eigenvalue weighted by Crippen LogP contribution is -2.51. The van der Waals surface area contributed by atoms with Crippen LogP contribution in [0.5, 0.6) is 0 Å². The third-order valence-corrected chi connectivity index (χ3v) is 24.0. The molecule has 6 saturated carbocycles. The SMILES string of the molecule is CC(C)CCC[C@@H](C)[C@H]1CC[C@H]2[C@@H]3CC=C4C[C@@H](OC(=O)C[n+]5cccc(NC(=O)Nc6ccc[n+](CC(=O)O[C@H]7CC[C@@]8(C)C(=CC[C@H]9[C@@H]%10CC[C@H]([C@H](C)CCCC(C)C)[C@@]%10(C)CC[C@@H]98)C7)c6)c5)CC[C@]4(C)[C@H]3CC[C@]12C. The van der Waals surface area contributed by atoms with Crippen molar-refractivity contribution in [3.8, 4) is 0 Å². The molecule has 0 unspecified atom stereocenters. The minimum Gasteiger partial charge on any atom is -0.457 e. The summed E-state index contributed by atoms with van der Waals surface area (Å²) in [6, 6.07) is 6.86. The van der Waals surface area contributed by atoms with Crippen molar-refractivity contribution < 1.29 is 33.0 Å². The highest BCUT2D eigenvalue weighted by Crippen LogP contribution is 2.69. The number of urea groups is 1. The van der Waals surface area contributed by atoms with Crippen LogP contribution in [-0.2, 0) is 32.2 Å². The van der Waals surface area contributed by atoms with Crippen molar-refractivity contribution in [3.05, 3.63) is 72.4 Å². The summed E-state index contributed by atoms with van der Waals surface area (Å²) in [6.07, 6.45) is 39.5. The number of hydrogen-bond donors (Lipinski definition) is 2. The molecule has 0 spiro atoms. The molecule has 2 aromatic rings. The smallest absolute Gasteiger partial charge is 0.372 e. The molecule has 0 aromatic carbocycles. The van der Waals surface area contributed by atoms with E-state index >= 15 is 0 Å². The highest BCUT2D eigenvalue weighted by Gasteiger charge is 2.61. The first-order valence-electron chi connectivity index (χ1n) is 32.1. The van der Waals surface area contributed by atoms with Crippen molar-refractivity contribution in [1.82, 2.24) is 0 Å². The van der Waals surface area contributed by atoms with Crippen LogP contribution >= 0.6 is 0 Å². The van der Waals surface area contributed by atoms with Crippen molar-refractivity contribution >= 4 is 29.3 Å². The third-order valence-electron chi connectivity index (χ3n) is 24.0. The number of nitrogens with zero attached hydrogens (tertiary/aromatic N) is 2. The molecule has 0 saturated heterocycles. The number of ether oxygens (including phenoxy) is 2. The summed E-state index contributed by atoms with van der Waals surface area (Å²) < 4.78 is 16.0. The van der Waals surface area contributed by atoms with E-state index in [4.69, 9.17) is 9.47 Å². The van der Waals surface area contributed by atoms with Gasteiger partial charge in [-0.1, -0.05) is 131 Å². The maximum Gasteiger partial charge on any atom is 0.372 e. The lowest BCUT2D eigenvalue weighted by Gasteiger charge is -2.58. The summed E-state index contributed by atoms with van der Waals surface area (Å²) in [6.45, 7) is 25.1. The van der Waals surface area contributed by atoms with Crippen LogP contribution in [0.15, 0.2) is 72.4 Å². The Labute approximate surface area is 471 Å². The number of pyridine rings is 2. The summed E-state index contributed by atoms with van der Waals surface area (Å²) in [4.78, 5) is 40.3. The van der Waals surface area contributed by atoms with Crippen molar-refractivity contribution in [1.29, 1.82) is 0 Å². The lowest BCUT2D eigenvalue weighted by molar-refractivity contribution is -0.685. The average Bonchev–Trinajstić information content (AvgIpc) is 4.11. The van der Waals surface area contributed by atoms with E-state index in [0.29, 0.717) is 22.2 Å². The molecule has 0 bridgehead atoms. The van der Waals surface area contributed by atoms with Crippen LogP contribution in [0.25, 0.3) is 0 Å². The van der Waals surface area contributed by atoms with Crippen LogP contribution in [0.3, 0.4) is 0 Å². The van der Waals surface area contributed by atoms with Gasteiger partial charge in [0.2, 0.25) is 13.1 Å². The maximum absolute atomic E-state index is 13.5. The summed E-state index contributed by atoms with van der Waals surface area (Å²) in [7, 11) is 0. The number of hydrogen-bond acceptors (Lipinski definition) is 5. The Hall–Kier alpha value is -4.01. The fourth-order valence-corrected chi connectivity index (χ4v) is 19.9. The molecule has 9 heteroatoms. The minimum atomic E-state index is -0.416. The van der Waals surface area contributed by atoms with Gasteiger partial charge in [0, 0.05) is 25.0 Å². The lowest BCUT2D eigenvalue weighted by atomic mass is 9.47. The molecule has 78 heavy (non-hydrogen) atoms. The predicted molar refractivity (Wildman–Crippen MR) is 312 cm³/mol. The van der Waals surface area contributed by atoms with Gasteiger partial charge in [0.05, 0.1) is 0 Å². The molecule has 6 fully saturated rings. The number of allylic oxidation sites excluding steroid dienone is 2. The van der Waals surface area contributed by atoms with E-state index in [1.54, 1.807) is 21.5 Å². The summed E-state index contributed by atoms with van der Waals surface area (Å²) in [5, 5.41) is 5.86. The number of nitrogens with one attached hydrogen (secondary N) is 2. The topological polar surface area (TPSA) is 101 Å². The molecule has 2 amide bonds. The van der Waals surface area contributed by atoms with Gasteiger partial charge in [0.15, 0.2) is 24.8 Å². The molecule has 2 heterocycles. The number of carbonyl (C=O) groups is 3. The summed E-state index contributed by atoms with van der Waals surface area (Å²) >= 11 is 0. The predicted octanol–water partition coefficient (Wildman–Crippen LogP) is 15.8. The number of fused-ring (bicyclic) bond motifs is 10. The van der Waals surface area contributed by atoms with E-state index in [1.807, 2.05) is 36.7 Å². The molecular weight excluding hydrogens is 965 g/mol. The third kappa shape index (κ3) is 11.7. The number of carbonyl (C=O) groups excluding carboxylic acids is 3. The van der Waals surface area contributed by atoms with Gasteiger partial charge >= 0.3 is 18.0 Å². The first-order chi connectivity index (χ1) is 37.2. The van der Waals surface area contributed by atoms with E-state index in [1.165, 1.54) is 114 Å². The zero-order valence-electron chi connectivity index (χ0n) is 50.3. The number of amides is 2. The monoisotopic (exact) mass is 1070 g/mol. The number of anilines is 2. The Morgan fingerprint density at radius 3 is 1.38 bits per heavy atom. The van der Waals surface area contributed by atoms with Gasteiger partial charge < -0.3 is 20.1 Å². The molecule has 8 aliphatic carbocycles. The Morgan fingerprint density at radius 1 is 0.551 bits per heavy atom. The van der Waals surface area contributed by atoms with E-state index < -0.39 is 6.03 Å². The molecule has 428 valence electrons. The van der Waals surface area contributed by atoms with Crippen LogP contribution < -0.4 is 19.8 Å². The molecular formula is C69H104N4O5+2. The second-order valence-corrected chi connectivity index (χ2v) is 29.4. The first-order valence-corrected chi connectivity index (χ1v) is 32.1. The maximum atomic E-state index is 13.5. The van der Waals surface area contributed by atoms with E-state index in [-0.39, 0.29) is 48.1 Å². The molecule has 16 atom stereocenters. The van der Waals surface area contributed by atoms with Crippen LogP contribution in [-0.4, -0.2) is 30.2 Å². The number of aromatic nitrogens is 2. The molecule has 2 N–H and O–H groups in total. The van der Waals surface area contributed by atoms with Gasteiger partial charge in [-0.25, -0.2) is 14.4 Å². The van der Waals surface area contributed by atoms with Gasteiger partial charge in [-0.2, -0.15) is 9.13 Å². The minimum absolute atomic E-state index is 0.0677. The average molecular weight is 1070 g/mol. The van der Waals surface area contributed by atoms with E-state index in [0.717, 1.165) is 110 Å². The zero-order valence-corrected chi connectivity index (χ0v) is 50.3. The van der Waals surface area contributed by atoms with E-state index in [9.17, 15) is 14.4 Å². The zero-order chi connectivity index (χ0) is 55.1. The van der Waals surface area contributed by atoms with E-state index in [2.05, 4.69) is 92.0 Å².